The molecule has 12 heteroatoms. The quantitative estimate of drug-likeness (QED) is 0.698. The molecule has 1 amide bonds. The van der Waals surface area contributed by atoms with E-state index in [4.69, 9.17) is 4.74 Å². The summed E-state index contributed by atoms with van der Waals surface area (Å²) in [5.74, 6) is -0.386. The van der Waals surface area contributed by atoms with Gasteiger partial charge in [0.25, 0.3) is 0 Å². The molecular formula is C18H20F3N3O5S. The number of halogens is 3. The third-order valence-electron chi connectivity index (χ3n) is 4.53. The van der Waals surface area contributed by atoms with Crippen LogP contribution in [0.5, 0.6) is 0 Å². The maximum Gasteiger partial charge on any atom is 0.522 e. The van der Waals surface area contributed by atoms with Gasteiger partial charge in [0, 0.05) is 31.3 Å². The van der Waals surface area contributed by atoms with E-state index in [-0.39, 0.29) is 11.7 Å². The standard InChI is InChI=1S/C18H20F3N3O5S/c1-10(8-28-18(19,20)21)22-17(27)29-11-4-6-24(7-5-11)14-3-2-13-15(23-14)12(9-30-13)16(25)26/h2-3,9-11H,4-8H2,1H3,(H,22,27)(H,25,26)/t10-/m0/s1. The number of amides is 1. The normalized spacial score (nSPS) is 16.5. The Kier molecular flexibility index (Phi) is 6.66. The number of nitrogens with zero attached hydrogens (tertiary/aromatic N) is 2. The lowest BCUT2D eigenvalue weighted by molar-refractivity contribution is -0.325. The topological polar surface area (TPSA) is 101 Å². The summed E-state index contributed by atoms with van der Waals surface area (Å²) in [4.78, 5) is 29.6. The van der Waals surface area contributed by atoms with Gasteiger partial charge in [-0.3, -0.25) is 4.74 Å². The van der Waals surface area contributed by atoms with Crippen molar-refractivity contribution < 1.29 is 37.3 Å². The Hall–Kier alpha value is -2.60. The van der Waals surface area contributed by atoms with Gasteiger partial charge in [-0.1, -0.05) is 0 Å². The lowest BCUT2D eigenvalue weighted by Crippen LogP contribution is -2.42. The van der Waals surface area contributed by atoms with E-state index in [1.54, 1.807) is 5.38 Å². The van der Waals surface area contributed by atoms with Crippen molar-refractivity contribution in [1.82, 2.24) is 10.3 Å². The zero-order chi connectivity index (χ0) is 21.9. The number of hydrogen-bond acceptors (Lipinski definition) is 7. The van der Waals surface area contributed by atoms with E-state index in [0.717, 1.165) is 4.70 Å². The number of aromatic nitrogens is 1. The van der Waals surface area contributed by atoms with Crippen molar-refractivity contribution in [3.63, 3.8) is 0 Å². The number of anilines is 1. The monoisotopic (exact) mass is 447 g/mol. The molecule has 1 fully saturated rings. The molecule has 0 spiro atoms. The summed E-state index contributed by atoms with van der Waals surface area (Å²) >= 11 is 1.32. The average Bonchev–Trinajstić information content (AvgIpc) is 3.10. The fourth-order valence-electron chi connectivity index (χ4n) is 3.08. The van der Waals surface area contributed by atoms with Gasteiger partial charge in [-0.05, 0) is 19.1 Å². The Labute approximate surface area is 173 Å². The van der Waals surface area contributed by atoms with Crippen LogP contribution < -0.4 is 10.2 Å². The van der Waals surface area contributed by atoms with Crippen LogP contribution in [0.3, 0.4) is 0 Å². The van der Waals surface area contributed by atoms with E-state index in [1.165, 1.54) is 18.3 Å². The Bertz CT molecular complexity index is 912. The minimum Gasteiger partial charge on any atom is -0.478 e. The minimum atomic E-state index is -4.75. The maximum absolute atomic E-state index is 12.0. The molecule has 0 aliphatic carbocycles. The lowest BCUT2D eigenvalue weighted by Gasteiger charge is -2.32. The molecule has 2 N–H and O–H groups in total. The third-order valence-corrected chi connectivity index (χ3v) is 5.47. The minimum absolute atomic E-state index is 0.162. The SMILES string of the molecule is C[C@@H](COC(F)(F)F)NC(=O)OC1CCN(c2ccc3scc(C(=O)O)c3n2)CC1. The number of hydrogen-bond donors (Lipinski definition) is 2. The molecule has 0 radical (unpaired) electrons. The molecule has 164 valence electrons. The van der Waals surface area contributed by atoms with E-state index >= 15 is 0 Å². The van der Waals surface area contributed by atoms with Crippen LogP contribution in [0, 0.1) is 0 Å². The Balaban J connectivity index is 1.50. The number of carbonyl (C=O) groups is 2. The molecule has 0 unspecified atom stereocenters. The summed E-state index contributed by atoms with van der Waals surface area (Å²) in [5, 5.41) is 13.1. The first kappa shape index (κ1) is 22.1. The molecule has 30 heavy (non-hydrogen) atoms. The van der Waals surface area contributed by atoms with Crippen molar-refractivity contribution in [2.45, 2.75) is 38.3 Å². The Morgan fingerprint density at radius 1 is 1.37 bits per heavy atom. The smallest absolute Gasteiger partial charge is 0.478 e. The van der Waals surface area contributed by atoms with E-state index in [9.17, 15) is 27.9 Å². The predicted octanol–water partition coefficient (Wildman–Crippen LogP) is 3.61. The molecule has 1 aliphatic rings. The fourth-order valence-corrected chi connectivity index (χ4v) is 3.95. The number of piperidine rings is 1. The number of ether oxygens (including phenoxy) is 2. The first-order valence-corrected chi connectivity index (χ1v) is 10.0. The van der Waals surface area contributed by atoms with E-state index in [2.05, 4.69) is 15.0 Å². The number of nitrogens with one attached hydrogen (secondary N) is 1. The van der Waals surface area contributed by atoms with Gasteiger partial charge in [-0.2, -0.15) is 0 Å². The van der Waals surface area contributed by atoms with E-state index < -0.39 is 31.1 Å². The molecular weight excluding hydrogens is 427 g/mol. The van der Waals surface area contributed by atoms with Crippen LogP contribution in [-0.2, 0) is 9.47 Å². The van der Waals surface area contributed by atoms with Crippen LogP contribution in [0.15, 0.2) is 17.5 Å². The molecule has 2 aromatic rings. The van der Waals surface area contributed by atoms with Crippen LogP contribution in [0.25, 0.3) is 10.2 Å². The van der Waals surface area contributed by atoms with Gasteiger partial charge in [0.05, 0.1) is 28.4 Å². The molecule has 0 bridgehead atoms. The Morgan fingerprint density at radius 3 is 2.70 bits per heavy atom. The zero-order valence-electron chi connectivity index (χ0n) is 15.9. The highest BCUT2D eigenvalue weighted by molar-refractivity contribution is 7.17. The van der Waals surface area contributed by atoms with Crippen molar-refractivity contribution in [2.24, 2.45) is 0 Å². The molecule has 1 aliphatic heterocycles. The molecule has 8 nitrogen and oxygen atoms in total. The van der Waals surface area contributed by atoms with Gasteiger partial charge in [-0.15, -0.1) is 24.5 Å². The van der Waals surface area contributed by atoms with Crippen LogP contribution in [0.1, 0.15) is 30.1 Å². The largest absolute Gasteiger partial charge is 0.522 e. The molecule has 1 atom stereocenters. The second-order valence-electron chi connectivity index (χ2n) is 6.86. The average molecular weight is 447 g/mol. The number of carboxylic acid groups (broad SMARTS) is 1. The highest BCUT2D eigenvalue weighted by Crippen LogP contribution is 2.28. The van der Waals surface area contributed by atoms with Crippen molar-refractivity contribution >= 4 is 39.4 Å². The molecule has 3 heterocycles. The van der Waals surface area contributed by atoms with E-state index in [0.29, 0.717) is 37.3 Å². The number of carboxylic acids is 1. The number of alkyl halides is 3. The van der Waals surface area contributed by atoms with Gasteiger partial charge < -0.3 is 20.1 Å². The molecule has 0 saturated carbocycles. The number of aromatic carboxylic acids is 1. The van der Waals surface area contributed by atoms with Gasteiger partial charge in [-0.25, -0.2) is 14.6 Å². The molecule has 2 aromatic heterocycles. The number of thiophene rings is 1. The van der Waals surface area contributed by atoms with Gasteiger partial charge in [0.15, 0.2) is 0 Å². The van der Waals surface area contributed by atoms with Crippen molar-refractivity contribution in [1.29, 1.82) is 0 Å². The summed E-state index contributed by atoms with van der Waals surface area (Å²) < 4.78 is 45.8. The zero-order valence-corrected chi connectivity index (χ0v) is 16.8. The summed E-state index contributed by atoms with van der Waals surface area (Å²) in [6.07, 6.45) is -4.91. The third kappa shape index (κ3) is 5.72. The summed E-state index contributed by atoms with van der Waals surface area (Å²) in [6, 6.07) is 2.79. The second kappa shape index (κ2) is 9.04. The van der Waals surface area contributed by atoms with Gasteiger partial charge >= 0.3 is 18.4 Å². The lowest BCUT2D eigenvalue weighted by atomic mass is 10.1. The molecule has 0 aromatic carbocycles. The maximum atomic E-state index is 12.0. The van der Waals surface area contributed by atoms with E-state index in [1.807, 2.05) is 17.0 Å². The summed E-state index contributed by atoms with van der Waals surface area (Å²) in [6.45, 7) is 1.75. The number of rotatable bonds is 6. The highest BCUT2D eigenvalue weighted by atomic mass is 32.1. The van der Waals surface area contributed by atoms with Crippen LogP contribution in [-0.4, -0.2) is 60.4 Å². The van der Waals surface area contributed by atoms with Crippen molar-refractivity contribution in [3.8, 4) is 0 Å². The number of fused-ring (bicyclic) bond motifs is 1. The Morgan fingerprint density at radius 2 is 2.07 bits per heavy atom. The van der Waals surface area contributed by atoms with Crippen molar-refractivity contribution in [2.75, 3.05) is 24.6 Å². The van der Waals surface area contributed by atoms with Gasteiger partial charge in [0.1, 0.15) is 11.9 Å². The summed E-state index contributed by atoms with van der Waals surface area (Å²) in [5.41, 5.74) is 0.605. The first-order chi connectivity index (χ1) is 14.1. The molecule has 3 rings (SSSR count). The fraction of sp³-hybridized carbons (Fsp3) is 0.500. The second-order valence-corrected chi connectivity index (χ2v) is 7.78. The predicted molar refractivity (Wildman–Crippen MR) is 103 cm³/mol. The van der Waals surface area contributed by atoms with Crippen molar-refractivity contribution in [3.05, 3.63) is 23.1 Å². The number of alkyl carbamates (subject to hydrolysis) is 1. The van der Waals surface area contributed by atoms with Crippen LogP contribution in [0.2, 0.25) is 0 Å². The summed E-state index contributed by atoms with van der Waals surface area (Å²) in [7, 11) is 0. The number of pyridine rings is 1. The highest BCUT2D eigenvalue weighted by Gasteiger charge is 2.30. The van der Waals surface area contributed by atoms with Gasteiger partial charge in [0.2, 0.25) is 0 Å². The van der Waals surface area contributed by atoms with Crippen LogP contribution in [0.4, 0.5) is 23.8 Å². The molecule has 1 saturated heterocycles. The van der Waals surface area contributed by atoms with Crippen LogP contribution >= 0.6 is 11.3 Å². The number of carbonyl (C=O) groups excluding carboxylic acids is 1. The first-order valence-electron chi connectivity index (χ1n) is 9.16.